The standard InChI is InChI=1S/C14H16N2O2S/c1-11-5-3-4-6-14(11)19(17,18)16-13-9-7-12(15-2)8-10-13/h3-10,15-16H,1-2H3. The molecular formula is C14H16N2O2S. The number of hydrogen-bond donors (Lipinski definition) is 2. The highest BCUT2D eigenvalue weighted by atomic mass is 32.2. The van der Waals surface area contributed by atoms with E-state index in [0.717, 1.165) is 11.3 Å². The third-order valence-electron chi connectivity index (χ3n) is 2.81. The molecule has 0 unspecified atom stereocenters. The van der Waals surface area contributed by atoms with Crippen LogP contribution in [0.5, 0.6) is 0 Å². The van der Waals surface area contributed by atoms with Crippen LogP contribution in [-0.2, 0) is 10.0 Å². The lowest BCUT2D eigenvalue weighted by molar-refractivity contribution is 0.600. The van der Waals surface area contributed by atoms with Crippen molar-refractivity contribution in [1.82, 2.24) is 0 Å². The van der Waals surface area contributed by atoms with Gasteiger partial charge in [0.15, 0.2) is 0 Å². The minimum absolute atomic E-state index is 0.299. The highest BCUT2D eigenvalue weighted by Crippen LogP contribution is 2.20. The molecule has 0 atom stereocenters. The Labute approximate surface area is 113 Å². The molecule has 5 heteroatoms. The molecule has 0 saturated heterocycles. The molecule has 2 aromatic rings. The van der Waals surface area contributed by atoms with Crippen LogP contribution in [0.3, 0.4) is 0 Å². The molecule has 2 N–H and O–H groups in total. The van der Waals surface area contributed by atoms with Crippen molar-refractivity contribution in [2.45, 2.75) is 11.8 Å². The molecule has 0 radical (unpaired) electrons. The highest BCUT2D eigenvalue weighted by Gasteiger charge is 2.15. The van der Waals surface area contributed by atoms with E-state index in [0.29, 0.717) is 10.6 Å². The summed E-state index contributed by atoms with van der Waals surface area (Å²) in [5.74, 6) is 0. The van der Waals surface area contributed by atoms with Crippen molar-refractivity contribution >= 4 is 21.4 Å². The minimum atomic E-state index is -3.53. The van der Waals surface area contributed by atoms with Crippen LogP contribution in [-0.4, -0.2) is 15.5 Å². The zero-order valence-corrected chi connectivity index (χ0v) is 11.7. The summed E-state index contributed by atoms with van der Waals surface area (Å²) in [4.78, 5) is 0.299. The Morgan fingerprint density at radius 2 is 1.47 bits per heavy atom. The number of aryl methyl sites for hydroxylation is 1. The quantitative estimate of drug-likeness (QED) is 0.902. The fourth-order valence-electron chi connectivity index (χ4n) is 1.77. The largest absolute Gasteiger partial charge is 0.388 e. The molecule has 0 amide bonds. The third-order valence-corrected chi connectivity index (χ3v) is 4.35. The van der Waals surface area contributed by atoms with Crippen molar-refractivity contribution < 1.29 is 8.42 Å². The van der Waals surface area contributed by atoms with Gasteiger partial charge in [0.25, 0.3) is 10.0 Å². The second kappa shape index (κ2) is 5.32. The Morgan fingerprint density at radius 3 is 2.05 bits per heavy atom. The van der Waals surface area contributed by atoms with Gasteiger partial charge in [0, 0.05) is 18.4 Å². The summed E-state index contributed by atoms with van der Waals surface area (Å²) in [7, 11) is -1.72. The van der Waals surface area contributed by atoms with Crippen molar-refractivity contribution in [2.75, 3.05) is 17.1 Å². The smallest absolute Gasteiger partial charge is 0.262 e. The number of anilines is 2. The van der Waals surface area contributed by atoms with Gasteiger partial charge < -0.3 is 5.32 Å². The fourth-order valence-corrected chi connectivity index (χ4v) is 3.08. The second-order valence-corrected chi connectivity index (χ2v) is 5.85. The summed E-state index contributed by atoms with van der Waals surface area (Å²) in [6.45, 7) is 1.78. The van der Waals surface area contributed by atoms with Crippen molar-refractivity contribution in [3.8, 4) is 0 Å². The maximum atomic E-state index is 12.3. The molecule has 0 aliphatic carbocycles. The molecular weight excluding hydrogens is 260 g/mol. The molecule has 4 nitrogen and oxygen atoms in total. The second-order valence-electron chi connectivity index (χ2n) is 4.20. The van der Waals surface area contributed by atoms with Gasteiger partial charge in [0.2, 0.25) is 0 Å². The Bertz CT molecular complexity index is 664. The first kappa shape index (κ1) is 13.4. The molecule has 0 aliphatic heterocycles. The maximum Gasteiger partial charge on any atom is 0.262 e. The monoisotopic (exact) mass is 276 g/mol. The van der Waals surface area contributed by atoms with Crippen molar-refractivity contribution in [2.24, 2.45) is 0 Å². The average Bonchev–Trinajstić information content (AvgIpc) is 2.39. The van der Waals surface area contributed by atoms with Gasteiger partial charge in [-0.05, 0) is 42.8 Å². The van der Waals surface area contributed by atoms with E-state index in [2.05, 4.69) is 10.0 Å². The number of hydrogen-bond acceptors (Lipinski definition) is 3. The summed E-state index contributed by atoms with van der Waals surface area (Å²) in [6.07, 6.45) is 0. The molecule has 0 fully saturated rings. The van der Waals surface area contributed by atoms with Crippen LogP contribution in [0.2, 0.25) is 0 Å². The minimum Gasteiger partial charge on any atom is -0.388 e. The number of nitrogens with one attached hydrogen (secondary N) is 2. The molecule has 0 spiro atoms. The van der Waals surface area contributed by atoms with Gasteiger partial charge >= 0.3 is 0 Å². The topological polar surface area (TPSA) is 58.2 Å². The molecule has 19 heavy (non-hydrogen) atoms. The van der Waals surface area contributed by atoms with Crippen LogP contribution in [0.15, 0.2) is 53.4 Å². The van der Waals surface area contributed by atoms with E-state index in [1.54, 1.807) is 37.3 Å². The zero-order chi connectivity index (χ0) is 13.9. The van der Waals surface area contributed by atoms with Gasteiger partial charge in [-0.25, -0.2) is 8.42 Å². The summed E-state index contributed by atoms with van der Waals surface area (Å²) in [5.41, 5.74) is 2.20. The van der Waals surface area contributed by atoms with Gasteiger partial charge in [-0.3, -0.25) is 4.72 Å². The van der Waals surface area contributed by atoms with E-state index < -0.39 is 10.0 Å². The normalized spacial score (nSPS) is 11.1. The molecule has 0 aliphatic rings. The van der Waals surface area contributed by atoms with E-state index in [1.807, 2.05) is 25.2 Å². The van der Waals surface area contributed by atoms with E-state index >= 15 is 0 Å². The van der Waals surface area contributed by atoms with E-state index in [9.17, 15) is 8.42 Å². The molecule has 2 rings (SSSR count). The summed E-state index contributed by atoms with van der Waals surface area (Å²) in [5, 5.41) is 2.98. The first-order valence-corrected chi connectivity index (χ1v) is 7.37. The lowest BCUT2D eigenvalue weighted by Gasteiger charge is -2.10. The highest BCUT2D eigenvalue weighted by molar-refractivity contribution is 7.92. The van der Waals surface area contributed by atoms with Crippen LogP contribution in [0.4, 0.5) is 11.4 Å². The Hall–Kier alpha value is -2.01. The molecule has 0 aromatic heterocycles. The van der Waals surface area contributed by atoms with Gasteiger partial charge in [0.05, 0.1) is 4.90 Å². The third kappa shape index (κ3) is 3.06. The van der Waals surface area contributed by atoms with E-state index in [1.165, 1.54) is 0 Å². The van der Waals surface area contributed by atoms with Crippen LogP contribution in [0, 0.1) is 6.92 Å². The maximum absolute atomic E-state index is 12.3. The van der Waals surface area contributed by atoms with Crippen molar-refractivity contribution in [1.29, 1.82) is 0 Å². The first-order chi connectivity index (χ1) is 9.03. The molecule has 0 heterocycles. The SMILES string of the molecule is CNc1ccc(NS(=O)(=O)c2ccccc2C)cc1. The van der Waals surface area contributed by atoms with Gasteiger partial charge in [0.1, 0.15) is 0 Å². The first-order valence-electron chi connectivity index (χ1n) is 5.89. The summed E-state index contributed by atoms with van der Waals surface area (Å²) in [6, 6.07) is 14.0. The Morgan fingerprint density at radius 1 is 0.895 bits per heavy atom. The molecule has 0 bridgehead atoms. The molecule has 100 valence electrons. The number of sulfonamides is 1. The summed E-state index contributed by atoms with van der Waals surface area (Å²) >= 11 is 0. The summed E-state index contributed by atoms with van der Waals surface area (Å²) < 4.78 is 27.1. The van der Waals surface area contributed by atoms with Gasteiger partial charge in [-0.1, -0.05) is 18.2 Å². The zero-order valence-electron chi connectivity index (χ0n) is 10.8. The molecule has 0 saturated carbocycles. The fraction of sp³-hybridized carbons (Fsp3) is 0.143. The van der Waals surface area contributed by atoms with Crippen molar-refractivity contribution in [3.05, 3.63) is 54.1 Å². The van der Waals surface area contributed by atoms with Crippen LogP contribution < -0.4 is 10.0 Å². The van der Waals surface area contributed by atoms with E-state index in [-0.39, 0.29) is 0 Å². The molecule has 2 aromatic carbocycles. The number of rotatable bonds is 4. The Kier molecular flexibility index (Phi) is 3.76. The Balaban J connectivity index is 2.28. The number of benzene rings is 2. The van der Waals surface area contributed by atoms with Crippen LogP contribution in [0.25, 0.3) is 0 Å². The van der Waals surface area contributed by atoms with Gasteiger partial charge in [-0.15, -0.1) is 0 Å². The lowest BCUT2D eigenvalue weighted by atomic mass is 10.2. The van der Waals surface area contributed by atoms with Crippen molar-refractivity contribution in [3.63, 3.8) is 0 Å². The predicted octanol–water partition coefficient (Wildman–Crippen LogP) is 2.84. The lowest BCUT2D eigenvalue weighted by Crippen LogP contribution is -2.14. The average molecular weight is 276 g/mol. The predicted molar refractivity (Wildman–Crippen MR) is 78.0 cm³/mol. The van der Waals surface area contributed by atoms with Crippen LogP contribution in [0.1, 0.15) is 5.56 Å². The van der Waals surface area contributed by atoms with Crippen LogP contribution >= 0.6 is 0 Å². The van der Waals surface area contributed by atoms with Gasteiger partial charge in [-0.2, -0.15) is 0 Å². The van der Waals surface area contributed by atoms with E-state index in [4.69, 9.17) is 0 Å².